The van der Waals surface area contributed by atoms with Gasteiger partial charge in [-0.25, -0.2) is 12.7 Å². The van der Waals surface area contributed by atoms with Gasteiger partial charge in [0.2, 0.25) is 10.0 Å². The molecule has 1 heterocycles. The molecule has 2 N–H and O–H groups in total. The molecule has 0 spiro atoms. The van der Waals surface area contributed by atoms with Gasteiger partial charge in [-0.15, -0.1) is 0 Å². The van der Waals surface area contributed by atoms with Crippen LogP contribution in [-0.4, -0.2) is 46.5 Å². The van der Waals surface area contributed by atoms with Gasteiger partial charge in [-0.3, -0.25) is 0 Å². The van der Waals surface area contributed by atoms with Crippen molar-refractivity contribution in [1.29, 1.82) is 0 Å². The second-order valence-electron chi connectivity index (χ2n) is 5.36. The van der Waals surface area contributed by atoms with Crippen LogP contribution in [0.4, 0.5) is 5.69 Å². The predicted octanol–water partition coefficient (Wildman–Crippen LogP) is 1.35. The highest BCUT2D eigenvalue weighted by Gasteiger charge is 2.21. The molecule has 1 aliphatic rings. The molecule has 112 valence electrons. The van der Waals surface area contributed by atoms with Crippen molar-refractivity contribution in [2.75, 3.05) is 39.0 Å². The molecule has 0 aliphatic carbocycles. The third kappa shape index (κ3) is 3.50. The van der Waals surface area contributed by atoms with Gasteiger partial charge in [0.1, 0.15) is 4.90 Å². The van der Waals surface area contributed by atoms with Crippen LogP contribution < -0.4 is 10.6 Å². The molecule has 6 heteroatoms. The average Bonchev–Trinajstić information content (AvgIpc) is 2.46. The molecule has 5 nitrogen and oxygen atoms in total. The number of anilines is 1. The summed E-state index contributed by atoms with van der Waals surface area (Å²) in [4.78, 5) is 0.346. The molecule has 0 amide bonds. The monoisotopic (exact) mass is 297 g/mol. The number of piperidine rings is 1. The zero-order chi connectivity index (χ0) is 14.6. The molecule has 0 saturated carbocycles. The van der Waals surface area contributed by atoms with Crippen LogP contribution in [0, 0.1) is 5.92 Å². The van der Waals surface area contributed by atoms with Crippen LogP contribution in [-0.2, 0) is 10.0 Å². The second kappa shape index (κ2) is 6.56. The minimum atomic E-state index is -3.40. The Morgan fingerprint density at radius 1 is 1.25 bits per heavy atom. The first kappa shape index (κ1) is 15.3. The largest absolute Gasteiger partial charge is 0.384 e. The Morgan fingerprint density at radius 2 is 1.90 bits per heavy atom. The quantitative estimate of drug-likeness (QED) is 0.861. The minimum absolute atomic E-state index is 0.346. The van der Waals surface area contributed by atoms with Crippen LogP contribution in [0.2, 0.25) is 0 Å². The van der Waals surface area contributed by atoms with Gasteiger partial charge < -0.3 is 10.6 Å². The van der Waals surface area contributed by atoms with E-state index in [0.29, 0.717) is 16.5 Å². The first-order chi connectivity index (χ1) is 9.51. The van der Waals surface area contributed by atoms with Crippen molar-refractivity contribution in [3.63, 3.8) is 0 Å². The average molecular weight is 297 g/mol. The minimum Gasteiger partial charge on any atom is -0.384 e. The first-order valence-electron chi connectivity index (χ1n) is 6.98. The molecule has 0 unspecified atom stereocenters. The Morgan fingerprint density at radius 3 is 2.55 bits per heavy atom. The SMILES string of the molecule is CN(C)S(=O)(=O)c1ccccc1NCC1CCNCC1. The number of benzene rings is 1. The zero-order valence-electron chi connectivity index (χ0n) is 12.1. The molecule has 0 aromatic heterocycles. The van der Waals surface area contributed by atoms with Gasteiger partial charge in [0.15, 0.2) is 0 Å². The van der Waals surface area contributed by atoms with E-state index in [1.54, 1.807) is 26.2 Å². The number of sulfonamides is 1. The number of nitrogens with one attached hydrogen (secondary N) is 2. The number of hydrogen-bond donors (Lipinski definition) is 2. The van der Waals surface area contributed by atoms with E-state index in [4.69, 9.17) is 0 Å². The van der Waals surface area contributed by atoms with E-state index in [2.05, 4.69) is 10.6 Å². The molecule has 0 atom stereocenters. The van der Waals surface area contributed by atoms with E-state index in [0.717, 1.165) is 32.5 Å². The third-order valence-electron chi connectivity index (χ3n) is 3.69. The highest BCUT2D eigenvalue weighted by molar-refractivity contribution is 7.89. The van der Waals surface area contributed by atoms with Crippen molar-refractivity contribution in [2.24, 2.45) is 5.92 Å². The number of nitrogens with zero attached hydrogens (tertiary/aromatic N) is 1. The fourth-order valence-corrected chi connectivity index (χ4v) is 3.44. The summed E-state index contributed by atoms with van der Waals surface area (Å²) in [7, 11) is -0.293. The van der Waals surface area contributed by atoms with Crippen molar-refractivity contribution < 1.29 is 8.42 Å². The molecule has 1 fully saturated rings. The maximum atomic E-state index is 12.3. The highest BCUT2D eigenvalue weighted by Crippen LogP contribution is 2.24. The summed E-state index contributed by atoms with van der Waals surface area (Å²) in [5.41, 5.74) is 0.694. The molecule has 1 aromatic carbocycles. The lowest BCUT2D eigenvalue weighted by atomic mass is 9.98. The van der Waals surface area contributed by atoms with Gasteiger partial charge in [-0.05, 0) is 44.0 Å². The van der Waals surface area contributed by atoms with E-state index < -0.39 is 10.0 Å². The lowest BCUT2D eigenvalue weighted by Crippen LogP contribution is -2.31. The summed E-state index contributed by atoms with van der Waals surface area (Å²) in [6.07, 6.45) is 2.27. The number of rotatable bonds is 5. The van der Waals surface area contributed by atoms with Gasteiger partial charge in [-0.2, -0.15) is 0 Å². The Bertz CT molecular complexity index is 537. The molecule has 20 heavy (non-hydrogen) atoms. The molecular formula is C14H23N3O2S. The normalized spacial score (nSPS) is 17.4. The van der Waals surface area contributed by atoms with E-state index in [9.17, 15) is 8.42 Å². The van der Waals surface area contributed by atoms with Gasteiger partial charge in [0, 0.05) is 20.6 Å². The summed E-state index contributed by atoms with van der Waals surface area (Å²) in [6.45, 7) is 2.91. The molecule has 1 aromatic rings. The van der Waals surface area contributed by atoms with Crippen LogP contribution in [0.25, 0.3) is 0 Å². The summed E-state index contributed by atoms with van der Waals surface area (Å²) in [5.74, 6) is 0.603. The summed E-state index contributed by atoms with van der Waals surface area (Å²) in [6, 6.07) is 7.10. The standard InChI is InChI=1S/C14H23N3O2S/c1-17(2)20(18,19)14-6-4-3-5-13(14)16-11-12-7-9-15-10-8-12/h3-6,12,15-16H,7-11H2,1-2H3. The zero-order valence-corrected chi connectivity index (χ0v) is 12.9. The fraction of sp³-hybridized carbons (Fsp3) is 0.571. The van der Waals surface area contributed by atoms with Crippen molar-refractivity contribution >= 4 is 15.7 Å². The van der Waals surface area contributed by atoms with Gasteiger partial charge >= 0.3 is 0 Å². The molecular weight excluding hydrogens is 274 g/mol. The molecule has 0 bridgehead atoms. The number of para-hydroxylation sites is 1. The van der Waals surface area contributed by atoms with E-state index >= 15 is 0 Å². The van der Waals surface area contributed by atoms with Gasteiger partial charge in [-0.1, -0.05) is 12.1 Å². The summed E-state index contributed by atoms with van der Waals surface area (Å²) < 4.78 is 25.8. The topological polar surface area (TPSA) is 61.4 Å². The number of hydrogen-bond acceptors (Lipinski definition) is 4. The van der Waals surface area contributed by atoms with Crippen LogP contribution in [0.3, 0.4) is 0 Å². The van der Waals surface area contributed by atoms with Crippen molar-refractivity contribution in [3.8, 4) is 0 Å². The van der Waals surface area contributed by atoms with E-state index in [1.165, 1.54) is 4.31 Å². The molecule has 0 radical (unpaired) electrons. The molecule has 2 rings (SSSR count). The lowest BCUT2D eigenvalue weighted by molar-refractivity contribution is 0.389. The fourth-order valence-electron chi connectivity index (χ4n) is 2.37. The van der Waals surface area contributed by atoms with Crippen molar-refractivity contribution in [1.82, 2.24) is 9.62 Å². The van der Waals surface area contributed by atoms with Crippen LogP contribution in [0.1, 0.15) is 12.8 Å². The maximum Gasteiger partial charge on any atom is 0.244 e. The van der Waals surface area contributed by atoms with Crippen LogP contribution in [0.15, 0.2) is 29.2 Å². The summed E-state index contributed by atoms with van der Waals surface area (Å²) in [5, 5.41) is 6.64. The van der Waals surface area contributed by atoms with Gasteiger partial charge in [0.05, 0.1) is 5.69 Å². The Labute approximate surface area is 121 Å². The molecule has 1 aliphatic heterocycles. The Kier molecular flexibility index (Phi) is 5.01. The van der Waals surface area contributed by atoms with E-state index in [-0.39, 0.29) is 0 Å². The van der Waals surface area contributed by atoms with Crippen LogP contribution in [0.5, 0.6) is 0 Å². The van der Waals surface area contributed by atoms with Gasteiger partial charge in [0.25, 0.3) is 0 Å². The molecule has 1 saturated heterocycles. The van der Waals surface area contributed by atoms with E-state index in [1.807, 2.05) is 12.1 Å². The first-order valence-corrected chi connectivity index (χ1v) is 8.42. The Balaban J connectivity index is 2.12. The third-order valence-corrected chi connectivity index (χ3v) is 5.56. The smallest absolute Gasteiger partial charge is 0.244 e. The lowest BCUT2D eigenvalue weighted by Gasteiger charge is -2.24. The predicted molar refractivity (Wildman–Crippen MR) is 81.4 cm³/mol. The second-order valence-corrected chi connectivity index (χ2v) is 7.48. The van der Waals surface area contributed by atoms with Crippen molar-refractivity contribution in [2.45, 2.75) is 17.7 Å². The highest BCUT2D eigenvalue weighted by atomic mass is 32.2. The van der Waals surface area contributed by atoms with Crippen LogP contribution >= 0.6 is 0 Å². The van der Waals surface area contributed by atoms with Crippen molar-refractivity contribution in [3.05, 3.63) is 24.3 Å². The maximum absolute atomic E-state index is 12.3. The summed E-state index contributed by atoms with van der Waals surface area (Å²) >= 11 is 0. The Hall–Kier alpha value is -1.11.